The molecule has 3 aromatic heterocycles. The first-order chi connectivity index (χ1) is 17.0. The summed E-state index contributed by atoms with van der Waals surface area (Å²) in [4.78, 5) is 6.07. The van der Waals surface area contributed by atoms with Gasteiger partial charge in [0, 0.05) is 24.3 Å². The summed E-state index contributed by atoms with van der Waals surface area (Å²) in [5, 5.41) is 9.96. The Bertz CT molecular complexity index is 1380. The van der Waals surface area contributed by atoms with Crippen molar-refractivity contribution in [3.8, 4) is 10.7 Å². The summed E-state index contributed by atoms with van der Waals surface area (Å²) in [7, 11) is -3.99. The Balaban J connectivity index is 1.68. The Kier molecular flexibility index (Phi) is 6.46. The van der Waals surface area contributed by atoms with Crippen molar-refractivity contribution in [3.05, 3.63) is 23.5 Å². The van der Waals surface area contributed by atoms with Crippen molar-refractivity contribution in [2.24, 2.45) is 0 Å². The molecule has 0 aromatic carbocycles. The molecule has 4 heterocycles. The minimum Gasteiger partial charge on any atom is -0.362 e. The largest absolute Gasteiger partial charge is 0.362 e. The molecule has 0 spiro atoms. The molecule has 2 aliphatic rings. The second kappa shape index (κ2) is 9.19. The minimum absolute atomic E-state index is 0.0877. The number of nitrogens with one attached hydrogen (secondary N) is 2. The van der Waals surface area contributed by atoms with Crippen LogP contribution in [0.5, 0.6) is 0 Å². The molecule has 0 unspecified atom stereocenters. The number of aromatic nitrogens is 4. The van der Waals surface area contributed by atoms with Crippen LogP contribution in [0.2, 0.25) is 0 Å². The van der Waals surface area contributed by atoms with Crippen LogP contribution in [0.15, 0.2) is 23.4 Å². The van der Waals surface area contributed by atoms with Crippen LogP contribution in [0.1, 0.15) is 38.1 Å². The molecule has 1 saturated carbocycles. The van der Waals surface area contributed by atoms with Crippen molar-refractivity contribution in [2.75, 3.05) is 24.8 Å². The zero-order valence-electron chi connectivity index (χ0n) is 19.5. The number of hydrogen-bond acceptors (Lipinski definition) is 8. The predicted octanol–water partition coefficient (Wildman–Crippen LogP) is 3.10. The van der Waals surface area contributed by atoms with Gasteiger partial charge in [-0.05, 0) is 32.8 Å². The van der Waals surface area contributed by atoms with Crippen LogP contribution in [0.4, 0.5) is 23.2 Å². The number of halogens is 4. The van der Waals surface area contributed by atoms with Gasteiger partial charge in [0.25, 0.3) is 6.43 Å². The average Bonchev–Trinajstić information content (AvgIpc) is 3.23. The smallest absolute Gasteiger partial charge is 0.291 e. The Hall–Kier alpha value is -2.36. The number of piperazine rings is 1. The van der Waals surface area contributed by atoms with Crippen molar-refractivity contribution in [1.29, 1.82) is 0 Å². The topological polar surface area (TPSA) is 105 Å². The Morgan fingerprint density at radius 1 is 1.28 bits per heavy atom. The maximum Gasteiger partial charge on any atom is 0.291 e. The molecule has 36 heavy (non-hydrogen) atoms. The zero-order chi connectivity index (χ0) is 25.8. The number of pyridine rings is 1. The van der Waals surface area contributed by atoms with Gasteiger partial charge in [-0.3, -0.25) is 4.40 Å². The molecular formula is C21H25F4N7O2S2. The van der Waals surface area contributed by atoms with Crippen LogP contribution < -0.4 is 14.9 Å². The van der Waals surface area contributed by atoms with E-state index < -0.39 is 58.5 Å². The van der Waals surface area contributed by atoms with Crippen LogP contribution in [-0.2, 0) is 10.0 Å². The average molecular weight is 548 g/mol. The van der Waals surface area contributed by atoms with Crippen molar-refractivity contribution in [2.45, 2.75) is 61.7 Å². The lowest BCUT2D eigenvalue weighted by Crippen LogP contribution is -2.63. The molecule has 0 radical (unpaired) electrons. The fourth-order valence-electron chi connectivity index (χ4n) is 4.36. The van der Waals surface area contributed by atoms with E-state index in [9.17, 15) is 26.0 Å². The number of hydrogen-bond donors (Lipinski definition) is 2. The summed E-state index contributed by atoms with van der Waals surface area (Å²) < 4.78 is 84.5. The first-order valence-electron chi connectivity index (χ1n) is 11.4. The first-order valence-corrected chi connectivity index (χ1v) is 13.7. The standard InChI is InChI=1S/C21H25F4N7O2S2/c1-11-14(7-23)27-12(6-22)9-31(11)15-5-13(36(33,34)30-21(2)3-4-21)10-32-16(8-26-18(15)32)19-28-29-20(35-19)17(24)25/h5,8,10-12,14,17,27,30H,3-4,6-7,9H2,1-2H3/t11-,12+,14+/m1/s1. The zero-order valence-corrected chi connectivity index (χ0v) is 21.1. The van der Waals surface area contributed by atoms with E-state index in [2.05, 4.69) is 25.2 Å². The maximum absolute atomic E-state index is 13.8. The van der Waals surface area contributed by atoms with E-state index in [1.165, 1.54) is 22.9 Å². The van der Waals surface area contributed by atoms with E-state index >= 15 is 0 Å². The van der Waals surface area contributed by atoms with Crippen LogP contribution >= 0.6 is 11.3 Å². The van der Waals surface area contributed by atoms with E-state index in [4.69, 9.17) is 0 Å². The van der Waals surface area contributed by atoms with Gasteiger partial charge in [0.15, 0.2) is 15.7 Å². The summed E-state index contributed by atoms with van der Waals surface area (Å²) in [6, 6.07) is -0.371. The molecule has 15 heteroatoms. The Morgan fingerprint density at radius 3 is 2.64 bits per heavy atom. The van der Waals surface area contributed by atoms with Crippen molar-refractivity contribution >= 4 is 32.7 Å². The third-order valence-electron chi connectivity index (χ3n) is 6.70. The molecule has 3 atom stereocenters. The third-order valence-corrected chi connectivity index (χ3v) is 9.26. The maximum atomic E-state index is 13.8. The lowest BCUT2D eigenvalue weighted by molar-refractivity contribution is 0.150. The Labute approximate surface area is 209 Å². The van der Waals surface area contributed by atoms with Gasteiger partial charge in [-0.1, -0.05) is 11.3 Å². The molecule has 1 aliphatic heterocycles. The van der Waals surface area contributed by atoms with Gasteiger partial charge >= 0.3 is 0 Å². The lowest BCUT2D eigenvalue weighted by atomic mass is 10.0. The highest BCUT2D eigenvalue weighted by atomic mass is 32.2. The normalized spacial score (nSPS) is 24.1. The number of imidazole rings is 1. The number of sulfonamides is 1. The molecule has 196 valence electrons. The molecule has 5 rings (SSSR count). The SMILES string of the molecule is C[C@@H]1[C@H](CF)N[C@@H](CF)CN1c1cc(S(=O)(=O)NC2(C)CC2)cn2c(-c3nnc(C(F)F)s3)cnc12. The second-order valence-electron chi connectivity index (χ2n) is 9.48. The summed E-state index contributed by atoms with van der Waals surface area (Å²) in [5.41, 5.74) is 0.393. The van der Waals surface area contributed by atoms with Crippen molar-refractivity contribution in [1.82, 2.24) is 29.6 Å². The van der Waals surface area contributed by atoms with E-state index in [1.54, 1.807) is 18.7 Å². The molecule has 0 bridgehead atoms. The third kappa shape index (κ3) is 4.57. The highest BCUT2D eigenvalue weighted by molar-refractivity contribution is 7.89. The molecular weight excluding hydrogens is 522 g/mol. The fourth-order valence-corrected chi connectivity index (χ4v) is 6.55. The van der Waals surface area contributed by atoms with Gasteiger partial charge in [0.05, 0.1) is 24.0 Å². The van der Waals surface area contributed by atoms with Gasteiger partial charge < -0.3 is 10.2 Å². The Morgan fingerprint density at radius 2 is 2.03 bits per heavy atom. The summed E-state index contributed by atoms with van der Waals surface area (Å²) in [5.74, 6) is 0. The highest BCUT2D eigenvalue weighted by Crippen LogP contribution is 2.38. The lowest BCUT2D eigenvalue weighted by Gasteiger charge is -2.44. The van der Waals surface area contributed by atoms with Gasteiger partial charge in [-0.25, -0.2) is 35.7 Å². The number of rotatable bonds is 8. The number of alkyl halides is 4. The van der Waals surface area contributed by atoms with Crippen molar-refractivity contribution < 1.29 is 26.0 Å². The van der Waals surface area contributed by atoms with Gasteiger partial charge in [0.2, 0.25) is 10.0 Å². The van der Waals surface area contributed by atoms with Crippen LogP contribution in [-0.4, -0.2) is 71.6 Å². The van der Waals surface area contributed by atoms with Gasteiger partial charge in [0.1, 0.15) is 23.9 Å². The summed E-state index contributed by atoms with van der Waals surface area (Å²) in [6.45, 7) is 2.22. The minimum atomic E-state index is -3.99. The summed E-state index contributed by atoms with van der Waals surface area (Å²) >= 11 is 0.676. The van der Waals surface area contributed by atoms with Crippen LogP contribution in [0.25, 0.3) is 16.3 Å². The van der Waals surface area contributed by atoms with Gasteiger partial charge in [-0.2, -0.15) is 0 Å². The van der Waals surface area contributed by atoms with E-state index in [1.807, 2.05) is 0 Å². The highest BCUT2D eigenvalue weighted by Gasteiger charge is 2.42. The van der Waals surface area contributed by atoms with Crippen molar-refractivity contribution in [3.63, 3.8) is 0 Å². The molecule has 9 nitrogen and oxygen atoms in total. The molecule has 3 aromatic rings. The first kappa shape index (κ1) is 25.3. The van der Waals surface area contributed by atoms with Crippen LogP contribution in [0, 0.1) is 0 Å². The fraction of sp³-hybridized carbons (Fsp3) is 0.571. The summed E-state index contributed by atoms with van der Waals surface area (Å²) in [6.07, 6.45) is 1.34. The quantitative estimate of drug-likeness (QED) is 0.418. The monoisotopic (exact) mass is 547 g/mol. The van der Waals surface area contributed by atoms with E-state index in [-0.39, 0.29) is 22.1 Å². The molecule has 1 saturated heterocycles. The number of nitrogens with zero attached hydrogens (tertiary/aromatic N) is 5. The molecule has 2 N–H and O–H groups in total. The molecule has 0 amide bonds. The number of fused-ring (bicyclic) bond motifs is 1. The predicted molar refractivity (Wildman–Crippen MR) is 126 cm³/mol. The van der Waals surface area contributed by atoms with E-state index in [0.717, 1.165) is 0 Å². The van der Waals surface area contributed by atoms with E-state index in [0.29, 0.717) is 35.5 Å². The molecule has 2 fully saturated rings. The van der Waals surface area contributed by atoms with Gasteiger partial charge in [-0.15, -0.1) is 10.2 Å². The second-order valence-corrected chi connectivity index (χ2v) is 12.2. The number of anilines is 1. The molecule has 1 aliphatic carbocycles. The van der Waals surface area contributed by atoms with Crippen LogP contribution in [0.3, 0.4) is 0 Å².